The molecule has 200 valence electrons. The summed E-state index contributed by atoms with van der Waals surface area (Å²) in [5, 5.41) is 3.98. The van der Waals surface area contributed by atoms with Crippen molar-refractivity contribution in [3.8, 4) is 5.75 Å². The number of esters is 1. The highest BCUT2D eigenvalue weighted by atomic mass is 32.2. The number of thioether (sulfide) groups is 1. The number of rotatable bonds is 13. The maximum Gasteiger partial charge on any atom is 0.344 e. The zero-order valence-electron chi connectivity index (χ0n) is 21.1. The highest BCUT2D eigenvalue weighted by Crippen LogP contribution is 2.20. The van der Waals surface area contributed by atoms with Crippen LogP contribution in [0.3, 0.4) is 0 Å². The Morgan fingerprint density at radius 1 is 1.00 bits per heavy atom. The first-order valence-electron chi connectivity index (χ1n) is 11.6. The molecule has 1 N–H and O–H groups in total. The molecule has 0 saturated carbocycles. The van der Waals surface area contributed by atoms with E-state index in [-0.39, 0.29) is 13.2 Å². The quantitative estimate of drug-likeness (QED) is 0.148. The SMILES string of the molecule is CSCCOC(=O)COc1ccc(/C=N\NC(=O)c2ccc(CN(c3ccccc3)S(C)(=O)=O)cc2)cc1. The zero-order valence-corrected chi connectivity index (χ0v) is 22.7. The highest BCUT2D eigenvalue weighted by molar-refractivity contribution is 7.98. The van der Waals surface area contributed by atoms with Crippen LogP contribution in [0.1, 0.15) is 21.5 Å². The highest BCUT2D eigenvalue weighted by Gasteiger charge is 2.17. The molecule has 11 heteroatoms. The number of hydrazone groups is 1. The zero-order chi connectivity index (χ0) is 27.4. The molecule has 0 atom stereocenters. The maximum absolute atomic E-state index is 12.5. The van der Waals surface area contributed by atoms with Gasteiger partial charge in [-0.15, -0.1) is 0 Å². The molecule has 1 amide bonds. The van der Waals surface area contributed by atoms with Crippen LogP contribution in [0.25, 0.3) is 0 Å². The number of nitrogens with zero attached hydrogens (tertiary/aromatic N) is 2. The van der Waals surface area contributed by atoms with E-state index >= 15 is 0 Å². The lowest BCUT2D eigenvalue weighted by Gasteiger charge is -2.22. The number of benzene rings is 3. The molecule has 9 nitrogen and oxygen atoms in total. The number of hydrogen-bond acceptors (Lipinski definition) is 8. The average molecular weight is 556 g/mol. The lowest BCUT2D eigenvalue weighted by molar-refractivity contribution is -0.145. The Hall–Kier alpha value is -3.83. The van der Waals surface area contributed by atoms with Crippen molar-refractivity contribution in [2.75, 3.05) is 35.8 Å². The van der Waals surface area contributed by atoms with Crippen LogP contribution in [0.4, 0.5) is 5.69 Å². The Balaban J connectivity index is 1.50. The van der Waals surface area contributed by atoms with Crippen molar-refractivity contribution in [1.82, 2.24) is 5.43 Å². The Morgan fingerprint density at radius 3 is 2.32 bits per heavy atom. The summed E-state index contributed by atoms with van der Waals surface area (Å²) in [6, 6.07) is 22.3. The van der Waals surface area contributed by atoms with Crippen LogP contribution in [-0.2, 0) is 26.1 Å². The number of ether oxygens (including phenoxy) is 2. The average Bonchev–Trinajstić information content (AvgIpc) is 2.91. The summed E-state index contributed by atoms with van der Waals surface area (Å²) < 4.78 is 36.3. The van der Waals surface area contributed by atoms with Crippen LogP contribution in [0.5, 0.6) is 5.75 Å². The van der Waals surface area contributed by atoms with Gasteiger partial charge in [0.25, 0.3) is 5.91 Å². The van der Waals surface area contributed by atoms with Crippen molar-refractivity contribution in [3.05, 3.63) is 95.6 Å². The Kier molecular flexibility index (Phi) is 10.7. The van der Waals surface area contributed by atoms with Gasteiger partial charge in [-0.05, 0) is 65.9 Å². The molecule has 0 aromatic heterocycles. The van der Waals surface area contributed by atoms with E-state index in [1.807, 2.05) is 12.3 Å². The number of hydrogen-bond donors (Lipinski definition) is 1. The molecule has 0 bridgehead atoms. The van der Waals surface area contributed by atoms with Crippen molar-refractivity contribution >= 4 is 45.6 Å². The van der Waals surface area contributed by atoms with Gasteiger partial charge in [0.15, 0.2) is 6.61 Å². The molecule has 0 aliphatic heterocycles. The van der Waals surface area contributed by atoms with Crippen LogP contribution in [-0.4, -0.2) is 58.0 Å². The number of carbonyl (C=O) groups excluding carboxylic acids is 2. The molecular weight excluding hydrogens is 526 g/mol. The third kappa shape index (κ3) is 9.24. The number of carbonyl (C=O) groups is 2. The number of para-hydroxylation sites is 1. The van der Waals surface area contributed by atoms with Gasteiger partial charge < -0.3 is 9.47 Å². The first-order valence-corrected chi connectivity index (χ1v) is 14.8. The largest absolute Gasteiger partial charge is 0.482 e. The summed E-state index contributed by atoms with van der Waals surface area (Å²) in [5.41, 5.74) is 4.86. The Morgan fingerprint density at radius 2 is 1.68 bits per heavy atom. The van der Waals surface area contributed by atoms with E-state index in [4.69, 9.17) is 9.47 Å². The first-order chi connectivity index (χ1) is 18.3. The van der Waals surface area contributed by atoms with E-state index in [9.17, 15) is 18.0 Å². The third-order valence-corrected chi connectivity index (χ3v) is 6.87. The van der Waals surface area contributed by atoms with Crippen molar-refractivity contribution < 1.29 is 27.5 Å². The molecule has 0 heterocycles. The van der Waals surface area contributed by atoms with Crippen molar-refractivity contribution in [2.45, 2.75) is 6.54 Å². The summed E-state index contributed by atoms with van der Waals surface area (Å²) in [5.74, 6) is 0.412. The second kappa shape index (κ2) is 14.2. The number of amides is 1. The van der Waals surface area contributed by atoms with Gasteiger partial charge in [0.2, 0.25) is 10.0 Å². The van der Waals surface area contributed by atoms with Gasteiger partial charge in [0, 0.05) is 11.3 Å². The van der Waals surface area contributed by atoms with E-state index < -0.39 is 21.9 Å². The fourth-order valence-electron chi connectivity index (χ4n) is 3.22. The van der Waals surface area contributed by atoms with Gasteiger partial charge >= 0.3 is 5.97 Å². The number of sulfonamides is 1. The summed E-state index contributed by atoms with van der Waals surface area (Å²) in [6.07, 6.45) is 4.57. The van der Waals surface area contributed by atoms with Gasteiger partial charge in [-0.25, -0.2) is 18.6 Å². The predicted molar refractivity (Wildman–Crippen MR) is 150 cm³/mol. The van der Waals surface area contributed by atoms with E-state index in [1.54, 1.807) is 84.6 Å². The van der Waals surface area contributed by atoms with Crippen molar-refractivity contribution in [1.29, 1.82) is 0 Å². The second-order valence-electron chi connectivity index (χ2n) is 8.07. The lowest BCUT2D eigenvalue weighted by Crippen LogP contribution is -2.29. The molecule has 0 radical (unpaired) electrons. The molecule has 0 unspecified atom stereocenters. The summed E-state index contributed by atoms with van der Waals surface area (Å²) in [6.45, 7) is 0.321. The Bertz CT molecular complexity index is 1330. The summed E-state index contributed by atoms with van der Waals surface area (Å²) in [4.78, 5) is 24.1. The lowest BCUT2D eigenvalue weighted by atomic mass is 10.1. The van der Waals surface area contributed by atoms with Gasteiger partial charge in [0.1, 0.15) is 12.4 Å². The van der Waals surface area contributed by atoms with E-state index in [2.05, 4.69) is 10.5 Å². The minimum atomic E-state index is -3.49. The molecule has 0 aliphatic carbocycles. The minimum Gasteiger partial charge on any atom is -0.482 e. The topological polar surface area (TPSA) is 114 Å². The van der Waals surface area contributed by atoms with E-state index in [0.717, 1.165) is 23.1 Å². The predicted octanol–water partition coefficient (Wildman–Crippen LogP) is 3.70. The van der Waals surface area contributed by atoms with E-state index in [0.29, 0.717) is 23.6 Å². The van der Waals surface area contributed by atoms with Crippen LogP contribution in [0.15, 0.2) is 84.0 Å². The molecule has 0 spiro atoms. The smallest absolute Gasteiger partial charge is 0.344 e. The monoisotopic (exact) mass is 555 g/mol. The molecule has 0 aliphatic rings. The van der Waals surface area contributed by atoms with Crippen LogP contribution >= 0.6 is 11.8 Å². The van der Waals surface area contributed by atoms with Crippen LogP contribution in [0.2, 0.25) is 0 Å². The van der Waals surface area contributed by atoms with Crippen LogP contribution < -0.4 is 14.5 Å². The molecular formula is C27H29N3O6S2. The van der Waals surface area contributed by atoms with Gasteiger partial charge in [0.05, 0.1) is 24.7 Å². The van der Waals surface area contributed by atoms with Gasteiger partial charge in [-0.1, -0.05) is 30.3 Å². The first kappa shape index (κ1) is 28.7. The van der Waals surface area contributed by atoms with Gasteiger partial charge in [-0.2, -0.15) is 16.9 Å². The molecule has 3 aromatic carbocycles. The van der Waals surface area contributed by atoms with Crippen LogP contribution in [0, 0.1) is 0 Å². The molecule has 3 aromatic rings. The third-order valence-electron chi connectivity index (χ3n) is 5.15. The Labute approximate surface area is 226 Å². The number of nitrogens with one attached hydrogen (secondary N) is 1. The standard InChI is InChI=1S/C27H29N3O6S2/c1-37-17-16-35-26(31)20-36-25-14-10-21(11-15-25)18-28-29-27(32)23-12-8-22(9-13-23)19-30(38(2,33)34)24-6-4-3-5-7-24/h3-15,18H,16-17,19-20H2,1-2H3,(H,29,32)/b28-18-. The van der Waals surface area contributed by atoms with Crippen molar-refractivity contribution in [2.24, 2.45) is 5.10 Å². The normalized spacial score (nSPS) is 11.2. The minimum absolute atomic E-state index is 0.141. The van der Waals surface area contributed by atoms with Crippen molar-refractivity contribution in [3.63, 3.8) is 0 Å². The maximum atomic E-state index is 12.5. The summed E-state index contributed by atoms with van der Waals surface area (Å²) in [7, 11) is -3.49. The molecule has 0 saturated heterocycles. The fraction of sp³-hybridized carbons (Fsp3) is 0.222. The van der Waals surface area contributed by atoms with E-state index in [1.165, 1.54) is 10.5 Å². The second-order valence-corrected chi connectivity index (χ2v) is 11.0. The number of anilines is 1. The fourth-order valence-corrected chi connectivity index (χ4v) is 4.36. The summed E-state index contributed by atoms with van der Waals surface area (Å²) >= 11 is 1.59. The molecule has 3 rings (SSSR count). The molecule has 38 heavy (non-hydrogen) atoms. The molecule has 0 fully saturated rings. The van der Waals surface area contributed by atoms with Gasteiger partial charge in [-0.3, -0.25) is 9.10 Å².